The summed E-state index contributed by atoms with van der Waals surface area (Å²) in [6, 6.07) is 55.9. The van der Waals surface area contributed by atoms with E-state index >= 15 is 0 Å². The summed E-state index contributed by atoms with van der Waals surface area (Å²) in [5.41, 5.74) is 6.88. The second-order valence-corrected chi connectivity index (χ2v) is 21.9. The molecule has 0 heterocycles. The number of carbonyl (C=O) groups is 4. The molecular weight excluding hydrogens is 867 g/mol. The summed E-state index contributed by atoms with van der Waals surface area (Å²) in [4.78, 5) is 56.5. The highest BCUT2D eigenvalue weighted by atomic mass is 31.2. The summed E-state index contributed by atoms with van der Waals surface area (Å²) >= 11 is 0. The summed E-state index contributed by atoms with van der Waals surface area (Å²) in [6.07, 6.45) is 0.599. The standard InChI is InChI=1S/C52H54N6O6P2/c1-5-63-49(59)47(39(3)55-57-51(61)53-41-25-13-7-14-26-41)65(43-29-17-9-18-30-43,44-31-19-10-20-32-44)37-38-66(45-33-21-11-22-34-45,46-35-23-12-24-36-46)48(50(60)64-6-2)40(4)56-58-52(62)54-42-27-15-8-16-28-42/h7-36H,5-6,37-38H2,1-4H3,(H2,53,57,61)(H2,54,58,62)/b55-39+,56-40+. The molecule has 0 spiro atoms. The lowest BCUT2D eigenvalue weighted by molar-refractivity contribution is -0.135. The Morgan fingerprint density at radius 1 is 0.424 bits per heavy atom. The second kappa shape index (κ2) is 23.6. The highest BCUT2D eigenvalue weighted by Gasteiger charge is 2.39. The van der Waals surface area contributed by atoms with Gasteiger partial charge in [-0.15, -0.1) is 0 Å². The molecule has 0 aliphatic heterocycles. The lowest BCUT2D eigenvalue weighted by Gasteiger charge is -2.37. The summed E-state index contributed by atoms with van der Waals surface area (Å²) < 4.78 is 11.9. The maximum atomic E-state index is 14.9. The molecule has 4 N–H and O–H groups in total. The van der Waals surface area contributed by atoms with Crippen LogP contribution in [0.25, 0.3) is 0 Å². The molecule has 0 fully saturated rings. The van der Waals surface area contributed by atoms with Crippen molar-refractivity contribution in [1.82, 2.24) is 10.9 Å². The zero-order valence-electron chi connectivity index (χ0n) is 37.4. The number of nitrogens with one attached hydrogen (secondary N) is 4. The maximum absolute atomic E-state index is 14.9. The SMILES string of the molecule is CCOC(=O)C(/C(C)=N/NC(=O)Nc1ccccc1)=P(CCP(=C(C(=O)OCC)/C(C)=N/NC(=O)Nc1ccccc1)(c1ccccc1)c1ccccc1)(c1ccccc1)c1ccccc1. The average molecular weight is 921 g/mol. The number of hydrazone groups is 2. The van der Waals surface area contributed by atoms with Crippen molar-refractivity contribution in [3.63, 3.8) is 0 Å². The van der Waals surface area contributed by atoms with E-state index < -0.39 is 37.8 Å². The lowest BCUT2D eigenvalue weighted by Crippen LogP contribution is -2.39. The summed E-state index contributed by atoms with van der Waals surface area (Å²) in [6.45, 7) is 0.607. The number of anilines is 2. The van der Waals surface area contributed by atoms with Gasteiger partial charge >= 0.3 is 24.0 Å². The molecule has 0 aliphatic rings. The zero-order chi connectivity index (χ0) is 46.8. The van der Waals surface area contributed by atoms with E-state index in [4.69, 9.17) is 9.47 Å². The summed E-state index contributed by atoms with van der Waals surface area (Å²) in [5, 5.41) is 18.8. The Balaban J connectivity index is 1.69. The average Bonchev–Trinajstić information content (AvgIpc) is 3.35. The van der Waals surface area contributed by atoms with Crippen LogP contribution in [0.3, 0.4) is 0 Å². The van der Waals surface area contributed by atoms with Crippen molar-refractivity contribution >= 4 is 92.4 Å². The maximum Gasteiger partial charge on any atom is 0.340 e. The first kappa shape index (κ1) is 48.2. The van der Waals surface area contributed by atoms with Crippen LogP contribution >= 0.6 is 13.8 Å². The molecule has 0 aromatic heterocycles. The lowest BCUT2D eigenvalue weighted by atomic mass is 10.3. The van der Waals surface area contributed by atoms with Crippen LogP contribution in [0.15, 0.2) is 192 Å². The molecule has 0 aliphatic carbocycles. The predicted molar refractivity (Wildman–Crippen MR) is 275 cm³/mol. The number of carbonyl (C=O) groups excluding carboxylic acids is 4. The van der Waals surface area contributed by atoms with Crippen LogP contribution in [0, 0.1) is 0 Å². The highest BCUT2D eigenvalue weighted by molar-refractivity contribution is 7.95. The Morgan fingerprint density at radius 2 is 0.682 bits per heavy atom. The molecule has 0 radical (unpaired) electrons. The molecule has 14 heteroatoms. The first-order valence-electron chi connectivity index (χ1n) is 21.5. The minimum atomic E-state index is -3.22. The molecule has 6 aromatic carbocycles. The summed E-state index contributed by atoms with van der Waals surface area (Å²) in [5.74, 6) is -1.18. The van der Waals surface area contributed by atoms with Gasteiger partial charge in [-0.05, 0) is 99.3 Å². The number of urea groups is 2. The molecule has 12 nitrogen and oxygen atoms in total. The van der Waals surface area contributed by atoms with Crippen molar-refractivity contribution in [2.45, 2.75) is 27.7 Å². The Labute approximate surface area is 386 Å². The molecule has 0 unspecified atom stereocenters. The van der Waals surface area contributed by atoms with E-state index in [1.165, 1.54) is 0 Å². The van der Waals surface area contributed by atoms with Gasteiger partial charge in [0.2, 0.25) is 0 Å². The normalized spacial score (nSPS) is 11.7. The van der Waals surface area contributed by atoms with Gasteiger partial charge in [0.1, 0.15) is 0 Å². The van der Waals surface area contributed by atoms with Gasteiger partial charge in [0.05, 0.1) is 35.2 Å². The van der Waals surface area contributed by atoms with E-state index in [0.717, 1.165) is 21.2 Å². The van der Waals surface area contributed by atoms with Crippen LogP contribution in [0.1, 0.15) is 27.7 Å². The van der Waals surface area contributed by atoms with Crippen LogP contribution in [0.4, 0.5) is 21.0 Å². The third kappa shape index (κ3) is 11.5. The van der Waals surface area contributed by atoms with Gasteiger partial charge in [0.25, 0.3) is 0 Å². The van der Waals surface area contributed by atoms with Crippen molar-refractivity contribution < 1.29 is 28.7 Å². The van der Waals surface area contributed by atoms with E-state index in [1.807, 2.05) is 133 Å². The Morgan fingerprint density at radius 3 is 0.939 bits per heavy atom. The number of benzene rings is 6. The van der Waals surface area contributed by atoms with Gasteiger partial charge in [-0.2, -0.15) is 10.2 Å². The number of hydrogen-bond acceptors (Lipinski definition) is 8. The zero-order valence-corrected chi connectivity index (χ0v) is 39.2. The first-order chi connectivity index (χ1) is 32.1. The van der Waals surface area contributed by atoms with E-state index in [9.17, 15) is 19.2 Å². The van der Waals surface area contributed by atoms with Crippen LogP contribution in [-0.4, -0.2) is 71.5 Å². The van der Waals surface area contributed by atoms with Crippen LogP contribution in [0.2, 0.25) is 0 Å². The minimum absolute atomic E-state index is 0.0768. The topological polar surface area (TPSA) is 160 Å². The third-order valence-corrected chi connectivity index (χ3v) is 20.1. The number of esters is 2. The Hall–Kier alpha value is -7.26. The van der Waals surface area contributed by atoms with Crippen molar-refractivity contribution in [3.8, 4) is 0 Å². The number of hydrogen-bond donors (Lipinski definition) is 4. The molecule has 6 aromatic rings. The van der Waals surface area contributed by atoms with E-state index in [-0.39, 0.29) is 24.6 Å². The molecule has 0 atom stereocenters. The van der Waals surface area contributed by atoms with E-state index in [2.05, 4.69) is 31.7 Å². The van der Waals surface area contributed by atoms with Crippen molar-refractivity contribution in [3.05, 3.63) is 182 Å². The van der Waals surface area contributed by atoms with Crippen molar-refractivity contribution in [2.24, 2.45) is 10.2 Å². The number of rotatable bonds is 17. The van der Waals surface area contributed by atoms with Gasteiger partial charge in [-0.25, -0.2) is 30.0 Å². The van der Waals surface area contributed by atoms with Gasteiger partial charge in [-0.3, -0.25) is 0 Å². The fraction of sp³-hybridized carbons (Fsp3) is 0.154. The molecule has 0 saturated carbocycles. The summed E-state index contributed by atoms with van der Waals surface area (Å²) in [7, 11) is 0. The number of para-hydroxylation sites is 2. The van der Waals surface area contributed by atoms with Gasteiger partial charge in [-0.1, -0.05) is 158 Å². The predicted octanol–water partition coefficient (Wildman–Crippen LogP) is 8.19. The first-order valence-corrected chi connectivity index (χ1v) is 25.5. The van der Waals surface area contributed by atoms with Crippen LogP contribution < -0.4 is 42.7 Å². The smallest absolute Gasteiger partial charge is 0.340 e. The third-order valence-electron chi connectivity index (χ3n) is 10.7. The number of amides is 4. The molecule has 4 amide bonds. The molecular formula is C52H54N6O6P2. The minimum Gasteiger partial charge on any atom is -0.462 e. The number of ether oxygens (including phenoxy) is 2. The molecule has 338 valence electrons. The van der Waals surface area contributed by atoms with Gasteiger partial charge in [0.15, 0.2) is 0 Å². The van der Waals surface area contributed by atoms with Crippen molar-refractivity contribution in [1.29, 1.82) is 0 Å². The molecule has 6 rings (SSSR count). The van der Waals surface area contributed by atoms with Gasteiger partial charge in [0, 0.05) is 11.4 Å². The van der Waals surface area contributed by atoms with E-state index in [0.29, 0.717) is 34.3 Å². The number of nitrogens with zero attached hydrogens (tertiary/aromatic N) is 2. The Kier molecular flexibility index (Phi) is 17.2. The second-order valence-electron chi connectivity index (χ2n) is 14.8. The molecule has 66 heavy (non-hydrogen) atoms. The van der Waals surface area contributed by atoms with Crippen LogP contribution in [0.5, 0.6) is 0 Å². The molecule has 0 bridgehead atoms. The largest absolute Gasteiger partial charge is 0.462 e. The van der Waals surface area contributed by atoms with Crippen molar-refractivity contribution in [2.75, 3.05) is 36.2 Å². The Bertz CT molecular complexity index is 2490. The fourth-order valence-corrected chi connectivity index (χ4v) is 18.1. The monoisotopic (exact) mass is 920 g/mol. The van der Waals surface area contributed by atoms with Crippen LogP contribution in [-0.2, 0) is 19.1 Å². The molecule has 0 saturated heterocycles. The van der Waals surface area contributed by atoms with E-state index in [1.54, 1.807) is 76.2 Å². The van der Waals surface area contributed by atoms with Gasteiger partial charge < -0.3 is 20.1 Å². The highest BCUT2D eigenvalue weighted by Crippen LogP contribution is 2.55. The quantitative estimate of drug-likeness (QED) is 0.0313. The fourth-order valence-electron chi connectivity index (χ4n) is 7.88.